The molecule has 4 aromatic heterocycles. The van der Waals surface area contributed by atoms with Gasteiger partial charge in [-0.2, -0.15) is 0 Å². The number of amides is 1. The predicted molar refractivity (Wildman–Crippen MR) is 121 cm³/mol. The molecule has 0 aliphatic heterocycles. The van der Waals surface area contributed by atoms with Crippen LogP contribution < -0.4 is 5.32 Å². The number of fused-ring (bicyclic) bond motifs is 1. The van der Waals surface area contributed by atoms with Crippen molar-refractivity contribution in [2.24, 2.45) is 0 Å². The Balaban J connectivity index is 1.40. The largest absolute Gasteiger partial charge is 0.463 e. The van der Waals surface area contributed by atoms with Crippen LogP contribution in [-0.4, -0.2) is 20.4 Å². The molecule has 5 rings (SSSR count). The van der Waals surface area contributed by atoms with Crippen molar-refractivity contribution in [2.45, 2.75) is 19.9 Å². The second-order valence-corrected chi connectivity index (χ2v) is 8.46. The molecule has 0 radical (unpaired) electrons. The average molecular weight is 435 g/mol. The number of benzene rings is 1. The summed E-state index contributed by atoms with van der Waals surface area (Å²) >= 11 is 2.83. The first-order chi connectivity index (χ1) is 14.7. The Bertz CT molecular complexity index is 1310. The van der Waals surface area contributed by atoms with E-state index in [1.165, 1.54) is 33.6 Å². The average Bonchev–Trinajstić information content (AvgIpc) is 3.54. The first-order valence-corrected chi connectivity index (χ1v) is 11.3. The van der Waals surface area contributed by atoms with Crippen molar-refractivity contribution in [1.82, 2.24) is 14.5 Å². The fourth-order valence-electron chi connectivity index (χ4n) is 3.38. The summed E-state index contributed by atoms with van der Waals surface area (Å²) in [5, 5.41) is 9.00. The molecule has 1 aromatic carbocycles. The molecule has 0 aliphatic rings. The highest BCUT2D eigenvalue weighted by Gasteiger charge is 2.17. The highest BCUT2D eigenvalue weighted by atomic mass is 32.1. The first kappa shape index (κ1) is 18.8. The van der Waals surface area contributed by atoms with Gasteiger partial charge in [-0.15, -0.1) is 22.7 Å². The second-order valence-electron chi connectivity index (χ2n) is 6.75. The van der Waals surface area contributed by atoms with Crippen LogP contribution in [0.15, 0.2) is 63.9 Å². The van der Waals surface area contributed by atoms with Gasteiger partial charge in [0.2, 0.25) is 0 Å². The lowest BCUT2D eigenvalue weighted by Crippen LogP contribution is -2.12. The summed E-state index contributed by atoms with van der Waals surface area (Å²) in [4.78, 5) is 21.7. The van der Waals surface area contributed by atoms with E-state index in [-0.39, 0.29) is 5.91 Å². The summed E-state index contributed by atoms with van der Waals surface area (Å²) in [6.45, 7) is 3.06. The third-order valence-corrected chi connectivity index (χ3v) is 6.33. The number of furan rings is 1. The van der Waals surface area contributed by atoms with E-state index in [1.54, 1.807) is 11.6 Å². The van der Waals surface area contributed by atoms with E-state index in [1.807, 2.05) is 29.6 Å². The highest BCUT2D eigenvalue weighted by molar-refractivity contribution is 7.14. The molecule has 4 heterocycles. The first-order valence-electron chi connectivity index (χ1n) is 9.58. The van der Waals surface area contributed by atoms with Gasteiger partial charge in [0.05, 0.1) is 12.0 Å². The van der Waals surface area contributed by atoms with Crippen LogP contribution in [0, 0.1) is 0 Å². The summed E-state index contributed by atoms with van der Waals surface area (Å²) < 4.78 is 7.62. The summed E-state index contributed by atoms with van der Waals surface area (Å²) in [5.41, 5.74) is 3.31. The molecule has 0 atom stereocenters. The van der Waals surface area contributed by atoms with Crippen LogP contribution in [0.5, 0.6) is 0 Å². The van der Waals surface area contributed by atoms with Gasteiger partial charge in [0.1, 0.15) is 16.4 Å². The van der Waals surface area contributed by atoms with Crippen molar-refractivity contribution in [3.63, 3.8) is 0 Å². The zero-order valence-corrected chi connectivity index (χ0v) is 17.8. The topological polar surface area (TPSA) is 73.0 Å². The van der Waals surface area contributed by atoms with Gasteiger partial charge in [0, 0.05) is 28.2 Å². The minimum absolute atomic E-state index is 0.268. The van der Waals surface area contributed by atoms with E-state index < -0.39 is 0 Å². The zero-order valence-electron chi connectivity index (χ0n) is 16.2. The lowest BCUT2D eigenvalue weighted by Gasteiger charge is -2.07. The Morgan fingerprint density at radius 2 is 2.03 bits per heavy atom. The van der Waals surface area contributed by atoms with E-state index >= 15 is 0 Å². The van der Waals surface area contributed by atoms with Gasteiger partial charge in [0.25, 0.3) is 5.91 Å². The number of anilines is 1. The van der Waals surface area contributed by atoms with E-state index in [0.29, 0.717) is 22.3 Å². The number of aromatic nitrogens is 3. The van der Waals surface area contributed by atoms with Crippen molar-refractivity contribution in [2.75, 3.05) is 5.32 Å². The Morgan fingerprint density at radius 3 is 2.87 bits per heavy atom. The van der Waals surface area contributed by atoms with Gasteiger partial charge in [-0.1, -0.05) is 25.1 Å². The number of hydrogen-bond donors (Lipinski definition) is 1. The Morgan fingerprint density at radius 1 is 1.13 bits per heavy atom. The molecule has 8 heteroatoms. The standard InChI is InChI=1S/C22H18N4O2S2/c1-2-9-26-17-7-4-3-6-14(17)11-18(26)21-23-16(13-29-21)20(27)25-22-24-15(12-30-22)19-8-5-10-28-19/h3-8,10-13H,2,9H2,1H3,(H,24,25,27). The van der Waals surface area contributed by atoms with E-state index in [9.17, 15) is 4.79 Å². The number of rotatable bonds is 6. The molecular weight excluding hydrogens is 416 g/mol. The van der Waals surface area contributed by atoms with Crippen LogP contribution in [-0.2, 0) is 6.54 Å². The van der Waals surface area contributed by atoms with Crippen LogP contribution in [0.25, 0.3) is 33.1 Å². The number of thiazole rings is 2. The van der Waals surface area contributed by atoms with Crippen LogP contribution >= 0.6 is 22.7 Å². The van der Waals surface area contributed by atoms with Crippen molar-refractivity contribution in [3.8, 4) is 22.2 Å². The van der Waals surface area contributed by atoms with Gasteiger partial charge in [-0.3, -0.25) is 10.1 Å². The Kier molecular flexibility index (Phi) is 4.94. The van der Waals surface area contributed by atoms with Crippen LogP contribution in [0.2, 0.25) is 0 Å². The summed E-state index contributed by atoms with van der Waals surface area (Å²) in [6.07, 6.45) is 2.62. The third kappa shape index (κ3) is 3.44. The Labute approximate surface area is 180 Å². The van der Waals surface area contributed by atoms with Crippen LogP contribution in [0.3, 0.4) is 0 Å². The molecule has 0 aliphatic carbocycles. The maximum Gasteiger partial charge on any atom is 0.276 e. The van der Waals surface area contributed by atoms with Crippen molar-refractivity contribution >= 4 is 44.6 Å². The third-order valence-electron chi connectivity index (χ3n) is 4.71. The van der Waals surface area contributed by atoms with Crippen molar-refractivity contribution in [3.05, 3.63) is 65.2 Å². The van der Waals surface area contributed by atoms with E-state index in [2.05, 4.69) is 45.0 Å². The second kappa shape index (κ2) is 7.89. The SMILES string of the molecule is CCCn1c(-c2nc(C(=O)Nc3nc(-c4ccco4)cs3)cs2)cc2ccccc21. The molecule has 0 bridgehead atoms. The van der Waals surface area contributed by atoms with Gasteiger partial charge in [-0.25, -0.2) is 9.97 Å². The lowest BCUT2D eigenvalue weighted by atomic mass is 10.2. The predicted octanol–water partition coefficient (Wildman–Crippen LogP) is 6.14. The van der Waals surface area contributed by atoms with Crippen LogP contribution in [0.4, 0.5) is 5.13 Å². The number of hydrogen-bond acceptors (Lipinski definition) is 6. The fourth-order valence-corrected chi connectivity index (χ4v) is 4.90. The molecule has 1 amide bonds. The minimum atomic E-state index is -0.268. The smallest absolute Gasteiger partial charge is 0.276 e. The molecular formula is C22H18N4O2S2. The molecule has 0 unspecified atom stereocenters. The van der Waals surface area contributed by atoms with Crippen molar-refractivity contribution < 1.29 is 9.21 Å². The zero-order chi connectivity index (χ0) is 20.5. The molecule has 1 N–H and O–H groups in total. The summed E-state index contributed by atoms with van der Waals surface area (Å²) in [5.74, 6) is 0.405. The Hall–Kier alpha value is -3.23. The molecule has 150 valence electrons. The quantitative estimate of drug-likeness (QED) is 0.348. The monoisotopic (exact) mass is 434 g/mol. The number of carbonyl (C=O) groups is 1. The van der Waals surface area contributed by atoms with Gasteiger partial charge in [-0.05, 0) is 30.7 Å². The number of nitrogens with zero attached hydrogens (tertiary/aromatic N) is 3. The maximum absolute atomic E-state index is 12.7. The highest BCUT2D eigenvalue weighted by Crippen LogP contribution is 2.31. The molecule has 0 spiro atoms. The van der Waals surface area contributed by atoms with Gasteiger partial charge < -0.3 is 8.98 Å². The fraction of sp³-hybridized carbons (Fsp3) is 0.136. The lowest BCUT2D eigenvalue weighted by molar-refractivity contribution is 0.102. The van der Waals surface area contributed by atoms with Gasteiger partial charge in [0.15, 0.2) is 10.9 Å². The number of para-hydroxylation sites is 1. The van der Waals surface area contributed by atoms with E-state index in [0.717, 1.165) is 23.7 Å². The number of carbonyl (C=O) groups excluding carboxylic acids is 1. The van der Waals surface area contributed by atoms with Crippen LogP contribution in [0.1, 0.15) is 23.8 Å². The minimum Gasteiger partial charge on any atom is -0.463 e. The molecule has 6 nitrogen and oxygen atoms in total. The molecule has 0 saturated carbocycles. The van der Waals surface area contributed by atoms with E-state index in [4.69, 9.17) is 4.42 Å². The van der Waals surface area contributed by atoms with Crippen molar-refractivity contribution in [1.29, 1.82) is 0 Å². The molecule has 5 aromatic rings. The van der Waals surface area contributed by atoms with Gasteiger partial charge >= 0.3 is 0 Å². The molecule has 0 fully saturated rings. The summed E-state index contributed by atoms with van der Waals surface area (Å²) in [7, 11) is 0. The molecule has 30 heavy (non-hydrogen) atoms. The number of nitrogens with one attached hydrogen (secondary N) is 1. The summed E-state index contributed by atoms with van der Waals surface area (Å²) in [6, 6.07) is 14.1. The molecule has 0 saturated heterocycles. The maximum atomic E-state index is 12.7. The normalized spacial score (nSPS) is 11.2. The number of aryl methyl sites for hydroxylation is 1.